The molecule has 1 aromatic rings. The Hall–Kier alpha value is -1.13. The molecule has 0 aliphatic rings. The number of halogens is 2. The lowest BCUT2D eigenvalue weighted by atomic mass is 10.2. The van der Waals surface area contributed by atoms with Crippen LogP contribution in [0.15, 0.2) is 18.2 Å². The summed E-state index contributed by atoms with van der Waals surface area (Å²) in [7, 11) is 0. The highest BCUT2D eigenvalue weighted by Gasteiger charge is 2.07. The van der Waals surface area contributed by atoms with Gasteiger partial charge in [-0.25, -0.2) is 4.39 Å². The van der Waals surface area contributed by atoms with Gasteiger partial charge in [-0.2, -0.15) is 0 Å². The predicted molar refractivity (Wildman–Crippen MR) is 65.3 cm³/mol. The summed E-state index contributed by atoms with van der Waals surface area (Å²) in [6.45, 7) is 3.55. The van der Waals surface area contributed by atoms with E-state index in [0.717, 1.165) is 5.56 Å². The molecule has 3 N–H and O–H groups in total. The summed E-state index contributed by atoms with van der Waals surface area (Å²) in [6.07, 6.45) is 0.232. The molecule has 90 valence electrons. The van der Waals surface area contributed by atoms with E-state index in [0.29, 0.717) is 5.69 Å². The summed E-state index contributed by atoms with van der Waals surface area (Å²) < 4.78 is 12.9. The molecule has 0 aliphatic heterocycles. The van der Waals surface area contributed by atoms with E-state index in [1.807, 2.05) is 0 Å². The zero-order valence-electron chi connectivity index (χ0n) is 9.29. The lowest BCUT2D eigenvalue weighted by Gasteiger charge is -2.09. The van der Waals surface area contributed by atoms with E-state index in [9.17, 15) is 9.18 Å². The van der Waals surface area contributed by atoms with Crippen molar-refractivity contribution in [2.24, 2.45) is 5.73 Å². The first-order chi connectivity index (χ1) is 6.99. The molecular weight excluding hydrogens is 231 g/mol. The number of amides is 1. The van der Waals surface area contributed by atoms with Crippen molar-refractivity contribution in [2.75, 3.05) is 5.32 Å². The molecule has 1 atom stereocenters. The van der Waals surface area contributed by atoms with Crippen LogP contribution in [0, 0.1) is 12.7 Å². The van der Waals surface area contributed by atoms with Gasteiger partial charge in [0.25, 0.3) is 0 Å². The molecule has 1 rings (SSSR count). The van der Waals surface area contributed by atoms with E-state index in [-0.39, 0.29) is 36.6 Å². The first kappa shape index (κ1) is 14.9. The maximum Gasteiger partial charge on any atom is 0.225 e. The maximum absolute atomic E-state index is 12.9. The number of rotatable bonds is 3. The quantitative estimate of drug-likeness (QED) is 0.859. The van der Waals surface area contributed by atoms with Crippen molar-refractivity contribution >= 4 is 24.0 Å². The van der Waals surface area contributed by atoms with Crippen LogP contribution in [0.25, 0.3) is 0 Å². The van der Waals surface area contributed by atoms with E-state index in [1.54, 1.807) is 19.9 Å². The molecule has 0 bridgehead atoms. The molecule has 3 nitrogen and oxygen atoms in total. The van der Waals surface area contributed by atoms with E-state index in [1.165, 1.54) is 12.1 Å². The van der Waals surface area contributed by atoms with Crippen molar-refractivity contribution in [3.05, 3.63) is 29.6 Å². The van der Waals surface area contributed by atoms with Crippen LogP contribution in [0.2, 0.25) is 0 Å². The number of anilines is 1. The lowest BCUT2D eigenvalue weighted by Crippen LogP contribution is -2.24. The fourth-order valence-corrected chi connectivity index (χ4v) is 1.22. The molecule has 0 saturated carbocycles. The molecule has 0 aromatic heterocycles. The van der Waals surface area contributed by atoms with Crippen LogP contribution in [-0.2, 0) is 4.79 Å². The molecule has 1 unspecified atom stereocenters. The third-order valence-corrected chi connectivity index (χ3v) is 1.98. The standard InChI is InChI=1S/C11H15FN2O.ClH/c1-7-3-4-9(12)6-10(7)14-11(15)5-8(2)13;/h3-4,6,8H,5,13H2,1-2H3,(H,14,15);1H. The molecule has 0 spiro atoms. The Morgan fingerprint density at radius 2 is 2.19 bits per heavy atom. The van der Waals surface area contributed by atoms with E-state index in [2.05, 4.69) is 5.32 Å². The molecule has 1 aromatic carbocycles. The molecule has 0 heterocycles. The van der Waals surface area contributed by atoms with Crippen molar-refractivity contribution in [1.82, 2.24) is 0 Å². The summed E-state index contributed by atoms with van der Waals surface area (Å²) in [5.74, 6) is -0.560. The normalized spacial score (nSPS) is 11.5. The van der Waals surface area contributed by atoms with E-state index < -0.39 is 0 Å². The Balaban J connectivity index is 0.00000225. The third-order valence-electron chi connectivity index (χ3n) is 1.98. The van der Waals surface area contributed by atoms with Gasteiger partial charge in [0.05, 0.1) is 0 Å². The zero-order valence-corrected chi connectivity index (χ0v) is 10.1. The third kappa shape index (κ3) is 4.59. The Labute approximate surface area is 101 Å². The van der Waals surface area contributed by atoms with Gasteiger partial charge in [0.15, 0.2) is 0 Å². The van der Waals surface area contributed by atoms with Gasteiger partial charge in [0, 0.05) is 18.2 Å². The van der Waals surface area contributed by atoms with Gasteiger partial charge in [0.1, 0.15) is 5.82 Å². The Morgan fingerprint density at radius 3 is 2.75 bits per heavy atom. The highest BCUT2D eigenvalue weighted by atomic mass is 35.5. The summed E-state index contributed by atoms with van der Waals surface area (Å²) >= 11 is 0. The largest absolute Gasteiger partial charge is 0.327 e. The summed E-state index contributed by atoms with van der Waals surface area (Å²) in [6, 6.07) is 4.08. The van der Waals surface area contributed by atoms with Crippen molar-refractivity contribution in [1.29, 1.82) is 0 Å². The second kappa shape index (κ2) is 6.45. The van der Waals surface area contributed by atoms with Crippen molar-refractivity contribution in [2.45, 2.75) is 26.3 Å². The molecule has 5 heteroatoms. The van der Waals surface area contributed by atoms with Gasteiger partial charge in [-0.05, 0) is 31.5 Å². The number of benzene rings is 1. The predicted octanol–water partition coefficient (Wildman–Crippen LogP) is 2.23. The zero-order chi connectivity index (χ0) is 11.4. The lowest BCUT2D eigenvalue weighted by molar-refractivity contribution is -0.116. The van der Waals surface area contributed by atoms with Gasteiger partial charge < -0.3 is 11.1 Å². The minimum atomic E-state index is -0.364. The number of nitrogens with two attached hydrogens (primary N) is 1. The monoisotopic (exact) mass is 246 g/mol. The number of hydrogen-bond donors (Lipinski definition) is 2. The highest BCUT2D eigenvalue weighted by Crippen LogP contribution is 2.16. The Morgan fingerprint density at radius 1 is 1.56 bits per heavy atom. The van der Waals surface area contributed by atoms with Crippen LogP contribution in [0.3, 0.4) is 0 Å². The number of aryl methyl sites for hydroxylation is 1. The average molecular weight is 247 g/mol. The maximum atomic E-state index is 12.9. The van der Waals surface area contributed by atoms with E-state index >= 15 is 0 Å². The van der Waals surface area contributed by atoms with Crippen LogP contribution in [0.1, 0.15) is 18.9 Å². The fourth-order valence-electron chi connectivity index (χ4n) is 1.22. The molecule has 16 heavy (non-hydrogen) atoms. The number of carbonyl (C=O) groups is 1. The van der Waals surface area contributed by atoms with Crippen molar-refractivity contribution in [3.63, 3.8) is 0 Å². The minimum Gasteiger partial charge on any atom is -0.327 e. The van der Waals surface area contributed by atoms with Crippen molar-refractivity contribution in [3.8, 4) is 0 Å². The molecular formula is C11H16ClFN2O. The first-order valence-corrected chi connectivity index (χ1v) is 4.80. The first-order valence-electron chi connectivity index (χ1n) is 4.80. The van der Waals surface area contributed by atoms with Gasteiger partial charge >= 0.3 is 0 Å². The topological polar surface area (TPSA) is 55.1 Å². The van der Waals surface area contributed by atoms with Gasteiger partial charge in [-0.1, -0.05) is 6.07 Å². The van der Waals surface area contributed by atoms with Crippen LogP contribution < -0.4 is 11.1 Å². The second-order valence-electron chi connectivity index (χ2n) is 3.69. The molecule has 1 amide bonds. The Bertz CT molecular complexity index is 369. The van der Waals surface area contributed by atoms with Gasteiger partial charge in [-0.3, -0.25) is 4.79 Å². The number of hydrogen-bond acceptors (Lipinski definition) is 2. The molecule has 0 radical (unpaired) electrons. The van der Waals surface area contributed by atoms with E-state index in [4.69, 9.17) is 5.73 Å². The highest BCUT2D eigenvalue weighted by molar-refractivity contribution is 5.91. The van der Waals surface area contributed by atoms with Gasteiger partial charge in [0.2, 0.25) is 5.91 Å². The van der Waals surface area contributed by atoms with Crippen LogP contribution in [0.5, 0.6) is 0 Å². The minimum absolute atomic E-state index is 0. The number of carbonyl (C=O) groups excluding carboxylic acids is 1. The Kier molecular flexibility index (Phi) is 6.00. The molecule has 0 saturated heterocycles. The summed E-state index contributed by atoms with van der Waals surface area (Å²) in [5.41, 5.74) is 6.81. The smallest absolute Gasteiger partial charge is 0.225 e. The van der Waals surface area contributed by atoms with Crippen LogP contribution >= 0.6 is 12.4 Å². The van der Waals surface area contributed by atoms with Gasteiger partial charge in [-0.15, -0.1) is 12.4 Å². The summed E-state index contributed by atoms with van der Waals surface area (Å²) in [4.78, 5) is 11.4. The second-order valence-corrected chi connectivity index (χ2v) is 3.69. The fraction of sp³-hybridized carbons (Fsp3) is 0.364. The van der Waals surface area contributed by atoms with Crippen LogP contribution in [-0.4, -0.2) is 11.9 Å². The van der Waals surface area contributed by atoms with Crippen molar-refractivity contribution < 1.29 is 9.18 Å². The molecule has 0 fully saturated rings. The molecule has 0 aliphatic carbocycles. The number of nitrogens with one attached hydrogen (secondary N) is 1. The van der Waals surface area contributed by atoms with Crippen LogP contribution in [0.4, 0.5) is 10.1 Å². The SMILES string of the molecule is Cc1ccc(F)cc1NC(=O)CC(C)N.Cl. The average Bonchev–Trinajstić information content (AvgIpc) is 2.10. The summed E-state index contributed by atoms with van der Waals surface area (Å²) in [5, 5.41) is 2.62.